The van der Waals surface area contributed by atoms with Crippen LogP contribution in [0.3, 0.4) is 0 Å². The van der Waals surface area contributed by atoms with Crippen molar-refractivity contribution in [3.05, 3.63) is 12.7 Å². The zero-order valence-electron chi connectivity index (χ0n) is 15.8. The Balaban J connectivity index is 4.20. The summed E-state index contributed by atoms with van der Waals surface area (Å²) >= 11 is 0. The van der Waals surface area contributed by atoms with Crippen molar-refractivity contribution in [2.75, 3.05) is 34.0 Å². The Kier molecular flexibility index (Phi) is 11.3. The highest BCUT2D eigenvalue weighted by molar-refractivity contribution is 5.71. The summed E-state index contributed by atoms with van der Waals surface area (Å²) in [5, 5.41) is 0. The Morgan fingerprint density at radius 1 is 1.12 bits per heavy atom. The van der Waals surface area contributed by atoms with Gasteiger partial charge < -0.3 is 14.2 Å². The molecule has 0 aromatic carbocycles. The van der Waals surface area contributed by atoms with Crippen LogP contribution >= 0.6 is 0 Å². The van der Waals surface area contributed by atoms with E-state index in [0.717, 1.165) is 12.8 Å². The molecule has 0 amide bonds. The standard InChI is InChI=1S/C18H33NO5/c1-7-9-16(20)22-12-15(24-14-19(5)6)13-23-17(21)10-8-11-18(2,3)4/h7,15H,1,8-14H2,2-6H3. The molecule has 0 aliphatic heterocycles. The average Bonchev–Trinajstić information content (AvgIpc) is 2.45. The van der Waals surface area contributed by atoms with E-state index in [1.54, 1.807) is 0 Å². The number of rotatable bonds is 12. The second-order valence-corrected chi connectivity index (χ2v) is 7.27. The van der Waals surface area contributed by atoms with Crippen molar-refractivity contribution in [3.63, 3.8) is 0 Å². The van der Waals surface area contributed by atoms with Crippen LogP contribution in [0, 0.1) is 5.41 Å². The number of ether oxygens (including phenoxy) is 3. The molecule has 1 unspecified atom stereocenters. The molecule has 0 aliphatic rings. The molecule has 1 atom stereocenters. The first kappa shape index (κ1) is 22.6. The number of carbonyl (C=O) groups excluding carboxylic acids is 2. The van der Waals surface area contributed by atoms with Gasteiger partial charge in [0, 0.05) is 6.42 Å². The minimum Gasteiger partial charge on any atom is -0.463 e. The summed E-state index contributed by atoms with van der Waals surface area (Å²) in [6, 6.07) is 0. The number of hydrogen-bond donors (Lipinski definition) is 0. The van der Waals surface area contributed by atoms with Gasteiger partial charge in [0.1, 0.15) is 19.3 Å². The lowest BCUT2D eigenvalue weighted by Gasteiger charge is -2.20. The number of carbonyl (C=O) groups is 2. The van der Waals surface area contributed by atoms with E-state index in [-0.39, 0.29) is 37.0 Å². The first-order chi connectivity index (χ1) is 11.1. The zero-order valence-corrected chi connectivity index (χ0v) is 15.8. The summed E-state index contributed by atoms with van der Waals surface area (Å²) in [6.45, 7) is 10.4. The van der Waals surface area contributed by atoms with E-state index in [9.17, 15) is 9.59 Å². The maximum absolute atomic E-state index is 11.8. The van der Waals surface area contributed by atoms with E-state index in [0.29, 0.717) is 13.2 Å². The Labute approximate surface area is 146 Å². The van der Waals surface area contributed by atoms with Crippen LogP contribution < -0.4 is 0 Å². The SMILES string of the molecule is C=CCC(=O)OCC(COC(=O)CCCC(C)(C)C)OCN(C)C. The lowest BCUT2D eigenvalue weighted by Crippen LogP contribution is -2.32. The number of nitrogens with zero attached hydrogens (tertiary/aromatic N) is 1. The van der Waals surface area contributed by atoms with E-state index in [4.69, 9.17) is 14.2 Å². The fourth-order valence-corrected chi connectivity index (χ4v) is 1.78. The van der Waals surface area contributed by atoms with Crippen molar-refractivity contribution in [1.82, 2.24) is 4.90 Å². The smallest absolute Gasteiger partial charge is 0.309 e. The molecule has 0 radical (unpaired) electrons. The van der Waals surface area contributed by atoms with E-state index in [1.165, 1.54) is 6.08 Å². The Morgan fingerprint density at radius 3 is 2.21 bits per heavy atom. The van der Waals surface area contributed by atoms with Crippen LogP contribution in [0.4, 0.5) is 0 Å². The highest BCUT2D eigenvalue weighted by Gasteiger charge is 2.16. The molecule has 6 heteroatoms. The van der Waals surface area contributed by atoms with Gasteiger partial charge in [-0.1, -0.05) is 26.8 Å². The largest absolute Gasteiger partial charge is 0.463 e. The van der Waals surface area contributed by atoms with Crippen LogP contribution in [-0.2, 0) is 23.8 Å². The van der Waals surface area contributed by atoms with Crippen molar-refractivity contribution < 1.29 is 23.8 Å². The predicted molar refractivity (Wildman–Crippen MR) is 93.5 cm³/mol. The van der Waals surface area contributed by atoms with Crippen LogP contribution in [0.1, 0.15) is 46.5 Å². The Bertz CT molecular complexity index is 387. The third-order valence-corrected chi connectivity index (χ3v) is 3.05. The normalized spacial score (nSPS) is 12.8. The van der Waals surface area contributed by atoms with Gasteiger partial charge >= 0.3 is 11.9 Å². The summed E-state index contributed by atoms with van der Waals surface area (Å²) in [5.74, 6) is -0.630. The summed E-state index contributed by atoms with van der Waals surface area (Å²) in [4.78, 5) is 25.0. The van der Waals surface area contributed by atoms with E-state index in [2.05, 4.69) is 27.4 Å². The molecule has 0 fully saturated rings. The lowest BCUT2D eigenvalue weighted by molar-refractivity contribution is -0.157. The van der Waals surface area contributed by atoms with E-state index in [1.807, 2.05) is 19.0 Å². The van der Waals surface area contributed by atoms with Gasteiger partial charge in [-0.15, -0.1) is 6.58 Å². The molecule has 0 N–H and O–H groups in total. The molecule has 24 heavy (non-hydrogen) atoms. The molecule has 0 heterocycles. The molecular formula is C18H33NO5. The van der Waals surface area contributed by atoms with Crippen molar-refractivity contribution in [1.29, 1.82) is 0 Å². The molecule has 140 valence electrons. The predicted octanol–water partition coefficient (Wildman–Crippen LogP) is 2.77. The van der Waals surface area contributed by atoms with Gasteiger partial charge in [0.2, 0.25) is 0 Å². The van der Waals surface area contributed by atoms with E-state index >= 15 is 0 Å². The number of esters is 2. The van der Waals surface area contributed by atoms with E-state index < -0.39 is 6.10 Å². The molecule has 0 saturated heterocycles. The van der Waals surface area contributed by atoms with Crippen LogP contribution in [0.15, 0.2) is 12.7 Å². The third-order valence-electron chi connectivity index (χ3n) is 3.05. The first-order valence-corrected chi connectivity index (χ1v) is 8.32. The van der Waals surface area contributed by atoms with Gasteiger partial charge in [-0.2, -0.15) is 0 Å². The van der Waals surface area contributed by atoms with Gasteiger partial charge in [0.15, 0.2) is 0 Å². The Hall–Kier alpha value is -1.40. The van der Waals surface area contributed by atoms with Gasteiger partial charge in [-0.25, -0.2) is 0 Å². The Morgan fingerprint density at radius 2 is 1.71 bits per heavy atom. The molecular weight excluding hydrogens is 310 g/mol. The molecule has 0 aromatic rings. The highest BCUT2D eigenvalue weighted by atomic mass is 16.6. The molecule has 0 rings (SSSR count). The van der Waals surface area contributed by atoms with Gasteiger partial charge in [0.05, 0.1) is 13.2 Å². The third kappa shape index (κ3) is 14.2. The molecule has 0 bridgehead atoms. The second kappa shape index (κ2) is 12.0. The number of hydrogen-bond acceptors (Lipinski definition) is 6. The highest BCUT2D eigenvalue weighted by Crippen LogP contribution is 2.21. The fourth-order valence-electron chi connectivity index (χ4n) is 1.78. The van der Waals surface area contributed by atoms with Crippen LogP contribution in [0.25, 0.3) is 0 Å². The summed E-state index contributed by atoms with van der Waals surface area (Å²) in [7, 11) is 3.72. The van der Waals surface area contributed by atoms with Crippen molar-refractivity contribution in [2.24, 2.45) is 5.41 Å². The minimum absolute atomic E-state index is 0.0514. The molecule has 0 spiro atoms. The fraction of sp³-hybridized carbons (Fsp3) is 0.778. The maximum atomic E-state index is 11.8. The second-order valence-electron chi connectivity index (χ2n) is 7.27. The van der Waals surface area contributed by atoms with Crippen LogP contribution in [0.5, 0.6) is 0 Å². The average molecular weight is 343 g/mol. The first-order valence-electron chi connectivity index (χ1n) is 8.32. The summed E-state index contributed by atoms with van der Waals surface area (Å²) in [6.07, 6.45) is 3.28. The van der Waals surface area contributed by atoms with Gasteiger partial charge in [-0.05, 0) is 32.4 Å². The monoisotopic (exact) mass is 343 g/mol. The molecule has 0 aromatic heterocycles. The zero-order chi connectivity index (χ0) is 18.6. The van der Waals surface area contributed by atoms with Gasteiger partial charge in [-0.3, -0.25) is 14.5 Å². The van der Waals surface area contributed by atoms with Crippen molar-refractivity contribution in [2.45, 2.75) is 52.6 Å². The van der Waals surface area contributed by atoms with Crippen LogP contribution in [0.2, 0.25) is 0 Å². The van der Waals surface area contributed by atoms with Crippen molar-refractivity contribution >= 4 is 11.9 Å². The lowest BCUT2D eigenvalue weighted by atomic mass is 9.90. The molecule has 0 aliphatic carbocycles. The quantitative estimate of drug-likeness (QED) is 0.308. The molecule has 0 saturated carbocycles. The summed E-state index contributed by atoms with van der Waals surface area (Å²) < 4.78 is 15.9. The van der Waals surface area contributed by atoms with Gasteiger partial charge in [0.25, 0.3) is 0 Å². The van der Waals surface area contributed by atoms with Crippen molar-refractivity contribution in [3.8, 4) is 0 Å². The topological polar surface area (TPSA) is 65.1 Å². The maximum Gasteiger partial charge on any atom is 0.309 e. The summed E-state index contributed by atoms with van der Waals surface area (Å²) in [5.41, 5.74) is 0.205. The molecule has 6 nitrogen and oxygen atoms in total. The van der Waals surface area contributed by atoms with Crippen LogP contribution in [-0.4, -0.2) is 57.0 Å². The minimum atomic E-state index is -0.479.